The molecule has 0 rings (SSSR count). The van der Waals surface area contributed by atoms with Crippen molar-refractivity contribution in [2.45, 2.75) is 321 Å². The van der Waals surface area contributed by atoms with Gasteiger partial charge in [0.05, 0.1) is 25.4 Å². The van der Waals surface area contributed by atoms with Crippen LogP contribution < -0.4 is 5.32 Å². The summed E-state index contributed by atoms with van der Waals surface area (Å²) in [6.45, 7) is 4.91. The largest absolute Gasteiger partial charge is 0.466 e. The Hall–Kier alpha value is -1.40. The molecular formula is C56H109NO5. The zero-order chi connectivity index (χ0) is 45.1. The van der Waals surface area contributed by atoms with Gasteiger partial charge in [0.15, 0.2) is 0 Å². The summed E-state index contributed by atoms with van der Waals surface area (Å²) in [5.41, 5.74) is 0. The molecular weight excluding hydrogens is 767 g/mol. The van der Waals surface area contributed by atoms with Crippen LogP contribution in [0.2, 0.25) is 0 Å². The molecule has 0 aliphatic heterocycles. The zero-order valence-corrected chi connectivity index (χ0v) is 41.9. The highest BCUT2D eigenvalue weighted by Gasteiger charge is 2.20. The third kappa shape index (κ3) is 48.1. The second-order valence-corrected chi connectivity index (χ2v) is 19.3. The number of hydrogen-bond donors (Lipinski definition) is 3. The SMILES string of the molecule is CCCCCCCCCCCCCCCCCCCCCC(O)C(CO)NC(=O)CCCCCCC/C=C\CCCCCOC(=O)CCCCCCCCCCCCCCCC. The maximum Gasteiger partial charge on any atom is 0.305 e. The molecule has 1 amide bonds. The number of ether oxygens (including phenoxy) is 1. The number of amides is 1. The first-order chi connectivity index (χ1) is 30.5. The van der Waals surface area contributed by atoms with Crippen LogP contribution in [0.5, 0.6) is 0 Å². The predicted octanol–water partition coefficient (Wildman–Crippen LogP) is 16.9. The summed E-state index contributed by atoms with van der Waals surface area (Å²) in [5.74, 6) is -0.0775. The second kappa shape index (κ2) is 52.2. The molecule has 62 heavy (non-hydrogen) atoms. The van der Waals surface area contributed by atoms with Crippen LogP contribution >= 0.6 is 0 Å². The summed E-state index contributed by atoms with van der Waals surface area (Å²) in [4.78, 5) is 24.5. The number of aliphatic hydroxyl groups is 2. The van der Waals surface area contributed by atoms with Crippen molar-refractivity contribution < 1.29 is 24.5 Å². The van der Waals surface area contributed by atoms with Gasteiger partial charge in [-0.3, -0.25) is 9.59 Å². The van der Waals surface area contributed by atoms with E-state index in [2.05, 4.69) is 31.3 Å². The van der Waals surface area contributed by atoms with Crippen molar-refractivity contribution in [1.82, 2.24) is 5.32 Å². The summed E-state index contributed by atoms with van der Waals surface area (Å²) < 4.78 is 5.45. The van der Waals surface area contributed by atoms with Gasteiger partial charge >= 0.3 is 5.97 Å². The Morgan fingerprint density at radius 3 is 1.15 bits per heavy atom. The van der Waals surface area contributed by atoms with Crippen molar-refractivity contribution >= 4 is 11.9 Å². The van der Waals surface area contributed by atoms with E-state index in [0.29, 0.717) is 25.9 Å². The Balaban J connectivity index is 3.49. The van der Waals surface area contributed by atoms with Gasteiger partial charge in [0.1, 0.15) is 0 Å². The Kier molecular flexibility index (Phi) is 51.0. The molecule has 6 nitrogen and oxygen atoms in total. The lowest BCUT2D eigenvalue weighted by atomic mass is 10.0. The first kappa shape index (κ1) is 60.6. The number of nitrogens with one attached hydrogen (secondary N) is 1. The maximum absolute atomic E-state index is 12.5. The molecule has 0 bridgehead atoms. The standard InChI is InChI=1S/C56H109NO5/c1-3-5-7-9-11-13-15-17-19-20-21-22-23-24-28-32-36-40-44-48-54(59)53(52-58)57-55(60)49-45-41-37-33-29-26-27-31-35-39-43-47-51-62-56(61)50-46-42-38-34-30-25-18-16-14-12-10-8-6-4-2/h27,31,53-54,58-59H,3-26,28-30,32-52H2,1-2H3,(H,57,60)/b31-27-. The van der Waals surface area contributed by atoms with Crippen LogP contribution in [0.1, 0.15) is 309 Å². The molecule has 6 heteroatoms. The van der Waals surface area contributed by atoms with E-state index in [4.69, 9.17) is 4.74 Å². The predicted molar refractivity (Wildman–Crippen MR) is 269 cm³/mol. The van der Waals surface area contributed by atoms with Crippen molar-refractivity contribution in [3.8, 4) is 0 Å². The monoisotopic (exact) mass is 876 g/mol. The van der Waals surface area contributed by atoms with E-state index in [1.54, 1.807) is 0 Å². The lowest BCUT2D eigenvalue weighted by Crippen LogP contribution is -2.45. The Morgan fingerprint density at radius 2 is 0.758 bits per heavy atom. The average molecular weight is 876 g/mol. The number of esters is 1. The van der Waals surface area contributed by atoms with E-state index in [1.165, 1.54) is 199 Å². The first-order valence-corrected chi connectivity index (χ1v) is 27.9. The Bertz CT molecular complexity index is 924. The number of carbonyl (C=O) groups is 2. The highest BCUT2D eigenvalue weighted by Crippen LogP contribution is 2.17. The highest BCUT2D eigenvalue weighted by atomic mass is 16.5. The summed E-state index contributed by atoms with van der Waals surface area (Å²) in [7, 11) is 0. The minimum absolute atomic E-state index is 0.0197. The van der Waals surface area contributed by atoms with Crippen LogP contribution in [0.15, 0.2) is 12.2 Å². The van der Waals surface area contributed by atoms with Gasteiger partial charge in [0.2, 0.25) is 5.91 Å². The van der Waals surface area contributed by atoms with Gasteiger partial charge in [0, 0.05) is 12.8 Å². The fourth-order valence-corrected chi connectivity index (χ4v) is 8.75. The molecule has 2 unspecified atom stereocenters. The van der Waals surface area contributed by atoms with Crippen molar-refractivity contribution in [3.63, 3.8) is 0 Å². The second-order valence-electron chi connectivity index (χ2n) is 19.3. The van der Waals surface area contributed by atoms with Crippen LogP contribution in [-0.2, 0) is 14.3 Å². The summed E-state index contributed by atoms with van der Waals surface area (Å²) in [6.07, 6.45) is 60.5. The first-order valence-electron chi connectivity index (χ1n) is 27.9. The highest BCUT2D eigenvalue weighted by molar-refractivity contribution is 5.76. The van der Waals surface area contributed by atoms with Crippen LogP contribution in [0.3, 0.4) is 0 Å². The fraction of sp³-hybridized carbons (Fsp3) is 0.929. The van der Waals surface area contributed by atoms with Crippen LogP contribution in [0.25, 0.3) is 0 Å². The molecule has 0 radical (unpaired) electrons. The summed E-state index contributed by atoms with van der Waals surface area (Å²) in [5, 5.41) is 23.3. The molecule has 0 aromatic rings. The summed E-state index contributed by atoms with van der Waals surface area (Å²) in [6, 6.07) is -0.559. The Morgan fingerprint density at radius 1 is 0.435 bits per heavy atom. The number of allylic oxidation sites excluding steroid dienone is 2. The molecule has 0 heterocycles. The molecule has 2 atom stereocenters. The van der Waals surface area contributed by atoms with Crippen LogP contribution in [0.4, 0.5) is 0 Å². The van der Waals surface area contributed by atoms with Crippen LogP contribution in [0, 0.1) is 0 Å². The maximum atomic E-state index is 12.5. The molecule has 0 aromatic heterocycles. The van der Waals surface area contributed by atoms with Gasteiger partial charge < -0.3 is 20.3 Å². The lowest BCUT2D eigenvalue weighted by Gasteiger charge is -2.22. The number of rotatable bonds is 52. The topological polar surface area (TPSA) is 95.9 Å². The van der Waals surface area contributed by atoms with Crippen molar-refractivity contribution in [1.29, 1.82) is 0 Å². The van der Waals surface area contributed by atoms with E-state index in [9.17, 15) is 19.8 Å². The normalized spacial score (nSPS) is 12.6. The third-order valence-electron chi connectivity index (χ3n) is 13.1. The van der Waals surface area contributed by atoms with E-state index in [-0.39, 0.29) is 18.5 Å². The molecule has 3 N–H and O–H groups in total. The lowest BCUT2D eigenvalue weighted by molar-refractivity contribution is -0.143. The molecule has 0 saturated heterocycles. The van der Waals surface area contributed by atoms with Gasteiger partial charge in [-0.2, -0.15) is 0 Å². The molecule has 0 aliphatic carbocycles. The minimum Gasteiger partial charge on any atom is -0.466 e. The number of carbonyl (C=O) groups excluding carboxylic acids is 2. The zero-order valence-electron chi connectivity index (χ0n) is 41.9. The van der Waals surface area contributed by atoms with E-state index in [0.717, 1.165) is 77.0 Å². The van der Waals surface area contributed by atoms with Crippen LogP contribution in [-0.4, -0.2) is 47.4 Å². The quantitative estimate of drug-likeness (QED) is 0.0321. The summed E-state index contributed by atoms with van der Waals surface area (Å²) >= 11 is 0. The number of aliphatic hydroxyl groups excluding tert-OH is 2. The van der Waals surface area contributed by atoms with Crippen molar-refractivity contribution in [2.75, 3.05) is 13.2 Å². The van der Waals surface area contributed by atoms with Gasteiger partial charge in [-0.1, -0.05) is 251 Å². The molecule has 0 fully saturated rings. The van der Waals surface area contributed by atoms with E-state index < -0.39 is 12.1 Å². The Labute approximate surface area is 387 Å². The third-order valence-corrected chi connectivity index (χ3v) is 13.1. The number of unbranched alkanes of at least 4 members (excludes halogenated alkanes) is 39. The molecule has 368 valence electrons. The van der Waals surface area contributed by atoms with E-state index in [1.807, 2.05) is 0 Å². The van der Waals surface area contributed by atoms with E-state index >= 15 is 0 Å². The average Bonchev–Trinajstić information content (AvgIpc) is 3.27. The smallest absolute Gasteiger partial charge is 0.305 e. The molecule has 0 spiro atoms. The van der Waals surface area contributed by atoms with Gasteiger partial charge in [-0.15, -0.1) is 0 Å². The van der Waals surface area contributed by atoms with Crippen molar-refractivity contribution in [2.24, 2.45) is 0 Å². The number of hydrogen-bond acceptors (Lipinski definition) is 5. The van der Waals surface area contributed by atoms with Gasteiger partial charge in [0.25, 0.3) is 0 Å². The fourth-order valence-electron chi connectivity index (χ4n) is 8.75. The van der Waals surface area contributed by atoms with Gasteiger partial charge in [-0.25, -0.2) is 0 Å². The molecule has 0 saturated carbocycles. The van der Waals surface area contributed by atoms with Crippen molar-refractivity contribution in [3.05, 3.63) is 12.2 Å². The minimum atomic E-state index is -0.680. The van der Waals surface area contributed by atoms with Gasteiger partial charge in [-0.05, 0) is 57.8 Å². The molecule has 0 aromatic carbocycles. The molecule has 0 aliphatic rings.